The van der Waals surface area contributed by atoms with Crippen molar-refractivity contribution in [3.63, 3.8) is 0 Å². The molecule has 0 aromatic heterocycles. The highest BCUT2D eigenvalue weighted by molar-refractivity contribution is 9.10. The second-order valence-electron chi connectivity index (χ2n) is 5.44. The molecule has 0 aliphatic heterocycles. The van der Waals surface area contributed by atoms with Crippen LogP contribution in [0.5, 0.6) is 0 Å². The summed E-state index contributed by atoms with van der Waals surface area (Å²) in [5.74, 6) is 0. The third kappa shape index (κ3) is 3.96. The molecule has 0 amide bonds. The maximum atomic E-state index is 3.69. The van der Waals surface area contributed by atoms with Crippen LogP contribution >= 0.6 is 15.9 Å². The van der Waals surface area contributed by atoms with Crippen molar-refractivity contribution in [1.82, 2.24) is 5.32 Å². The van der Waals surface area contributed by atoms with Gasteiger partial charge in [-0.1, -0.05) is 66.2 Å². The number of hydrogen-bond donors (Lipinski definition) is 1. The molecule has 2 aromatic carbocycles. The molecule has 21 heavy (non-hydrogen) atoms. The van der Waals surface area contributed by atoms with E-state index < -0.39 is 0 Å². The zero-order valence-electron chi connectivity index (χ0n) is 13.1. The van der Waals surface area contributed by atoms with Crippen LogP contribution in [-0.4, -0.2) is 6.54 Å². The van der Waals surface area contributed by atoms with Crippen LogP contribution in [0.4, 0.5) is 0 Å². The van der Waals surface area contributed by atoms with Gasteiger partial charge in [0.15, 0.2) is 0 Å². The van der Waals surface area contributed by atoms with E-state index in [1.54, 1.807) is 0 Å². The van der Waals surface area contributed by atoms with Gasteiger partial charge in [0.25, 0.3) is 0 Å². The van der Waals surface area contributed by atoms with Gasteiger partial charge in [0.1, 0.15) is 0 Å². The second-order valence-corrected chi connectivity index (χ2v) is 6.29. The van der Waals surface area contributed by atoms with Gasteiger partial charge >= 0.3 is 0 Å². The van der Waals surface area contributed by atoms with Crippen LogP contribution in [0.2, 0.25) is 0 Å². The number of benzene rings is 2. The van der Waals surface area contributed by atoms with E-state index in [1.807, 2.05) is 0 Å². The van der Waals surface area contributed by atoms with E-state index in [4.69, 9.17) is 0 Å². The maximum Gasteiger partial charge on any atom is 0.0579 e. The Labute approximate surface area is 136 Å². The number of halogens is 1. The summed E-state index contributed by atoms with van der Waals surface area (Å²) in [6.45, 7) is 7.60. The van der Waals surface area contributed by atoms with Crippen molar-refractivity contribution in [2.24, 2.45) is 0 Å². The third-order valence-electron chi connectivity index (χ3n) is 3.94. The zero-order chi connectivity index (χ0) is 15.2. The summed E-state index contributed by atoms with van der Waals surface area (Å²) in [6.07, 6.45) is 2.22. The molecule has 2 aromatic rings. The fourth-order valence-corrected chi connectivity index (χ4v) is 2.96. The molecule has 0 aliphatic carbocycles. The van der Waals surface area contributed by atoms with E-state index in [0.29, 0.717) is 0 Å². The molecule has 1 atom stereocenters. The monoisotopic (exact) mass is 345 g/mol. The second kappa shape index (κ2) is 7.77. The predicted octanol–water partition coefficient (Wildman–Crippen LogP) is 5.41. The topological polar surface area (TPSA) is 12.0 Å². The SMILES string of the molecule is CCCNC(c1ccc(CC)cc1)c1cccc(Br)c1C. The Morgan fingerprint density at radius 2 is 1.76 bits per heavy atom. The van der Waals surface area contributed by atoms with Crippen LogP contribution in [0.1, 0.15) is 48.6 Å². The van der Waals surface area contributed by atoms with Crippen molar-refractivity contribution in [3.05, 3.63) is 69.2 Å². The number of aryl methyl sites for hydroxylation is 1. The first kappa shape index (κ1) is 16.3. The molecule has 112 valence electrons. The lowest BCUT2D eigenvalue weighted by Gasteiger charge is -2.22. The number of rotatable bonds is 6. The van der Waals surface area contributed by atoms with Crippen molar-refractivity contribution in [3.8, 4) is 0 Å². The molecule has 1 N–H and O–H groups in total. The van der Waals surface area contributed by atoms with E-state index in [2.05, 4.69) is 84.5 Å². The molecule has 0 saturated heterocycles. The first-order chi connectivity index (χ1) is 10.2. The lowest BCUT2D eigenvalue weighted by molar-refractivity contribution is 0.596. The van der Waals surface area contributed by atoms with Crippen molar-refractivity contribution < 1.29 is 0 Å². The molecule has 0 saturated carbocycles. The summed E-state index contributed by atoms with van der Waals surface area (Å²) in [5.41, 5.74) is 5.38. The quantitative estimate of drug-likeness (QED) is 0.737. The van der Waals surface area contributed by atoms with Crippen LogP contribution in [0.3, 0.4) is 0 Å². The Balaban J connectivity index is 2.39. The van der Waals surface area contributed by atoms with E-state index in [-0.39, 0.29) is 6.04 Å². The Hall–Kier alpha value is -1.12. The van der Waals surface area contributed by atoms with Crippen LogP contribution in [0.15, 0.2) is 46.9 Å². The lowest BCUT2D eigenvalue weighted by atomic mass is 9.94. The zero-order valence-corrected chi connectivity index (χ0v) is 14.7. The normalized spacial score (nSPS) is 12.4. The minimum absolute atomic E-state index is 0.258. The van der Waals surface area contributed by atoms with Gasteiger partial charge in [-0.15, -0.1) is 0 Å². The standard InChI is InChI=1S/C19H24BrN/c1-4-13-21-19(16-11-9-15(5-2)10-12-16)17-7-6-8-18(20)14(17)3/h6-12,19,21H,4-5,13H2,1-3H3. The lowest BCUT2D eigenvalue weighted by Crippen LogP contribution is -2.24. The summed E-state index contributed by atoms with van der Waals surface area (Å²) in [4.78, 5) is 0. The molecule has 0 radical (unpaired) electrons. The maximum absolute atomic E-state index is 3.69. The van der Waals surface area contributed by atoms with Crippen molar-refractivity contribution in [1.29, 1.82) is 0 Å². The fourth-order valence-electron chi connectivity index (χ4n) is 2.58. The van der Waals surface area contributed by atoms with Gasteiger partial charge in [-0.25, -0.2) is 0 Å². The highest BCUT2D eigenvalue weighted by Gasteiger charge is 2.16. The summed E-state index contributed by atoms with van der Waals surface area (Å²) in [7, 11) is 0. The summed E-state index contributed by atoms with van der Waals surface area (Å²) >= 11 is 3.65. The highest BCUT2D eigenvalue weighted by Crippen LogP contribution is 2.29. The molecule has 0 spiro atoms. The molecule has 1 unspecified atom stereocenters. The van der Waals surface area contributed by atoms with Gasteiger partial charge in [-0.2, -0.15) is 0 Å². The Kier molecular flexibility index (Phi) is 6.01. The van der Waals surface area contributed by atoms with Crippen LogP contribution < -0.4 is 5.32 Å². The van der Waals surface area contributed by atoms with Gasteiger partial charge in [-0.3, -0.25) is 0 Å². The van der Waals surface area contributed by atoms with Crippen molar-refractivity contribution in [2.45, 2.75) is 39.7 Å². The fraction of sp³-hybridized carbons (Fsp3) is 0.368. The first-order valence-electron chi connectivity index (χ1n) is 7.74. The highest BCUT2D eigenvalue weighted by atomic mass is 79.9. The van der Waals surface area contributed by atoms with Gasteiger partial charge in [0, 0.05) is 4.47 Å². The predicted molar refractivity (Wildman–Crippen MR) is 94.8 cm³/mol. The van der Waals surface area contributed by atoms with Crippen LogP contribution in [0, 0.1) is 6.92 Å². The van der Waals surface area contributed by atoms with Gasteiger partial charge in [0.2, 0.25) is 0 Å². The van der Waals surface area contributed by atoms with Crippen molar-refractivity contribution >= 4 is 15.9 Å². The summed E-state index contributed by atoms with van der Waals surface area (Å²) in [5, 5.41) is 3.69. The molecule has 0 heterocycles. The van der Waals surface area contributed by atoms with Crippen molar-refractivity contribution in [2.75, 3.05) is 6.54 Å². The molecular weight excluding hydrogens is 322 g/mol. The Morgan fingerprint density at radius 3 is 2.38 bits per heavy atom. The third-order valence-corrected chi connectivity index (χ3v) is 4.80. The average Bonchev–Trinajstić information content (AvgIpc) is 2.52. The van der Waals surface area contributed by atoms with E-state index in [9.17, 15) is 0 Å². The van der Waals surface area contributed by atoms with E-state index >= 15 is 0 Å². The van der Waals surface area contributed by atoms with E-state index in [0.717, 1.165) is 19.4 Å². The van der Waals surface area contributed by atoms with Crippen LogP contribution in [0.25, 0.3) is 0 Å². The summed E-state index contributed by atoms with van der Waals surface area (Å²) in [6, 6.07) is 15.7. The van der Waals surface area contributed by atoms with Gasteiger partial charge < -0.3 is 5.32 Å². The molecule has 1 nitrogen and oxygen atoms in total. The molecule has 2 heteroatoms. The molecular formula is C19H24BrN. The Bertz CT molecular complexity index is 575. The van der Waals surface area contributed by atoms with Gasteiger partial charge in [0.05, 0.1) is 6.04 Å². The van der Waals surface area contributed by atoms with E-state index in [1.165, 1.54) is 26.7 Å². The molecule has 2 rings (SSSR count). The smallest absolute Gasteiger partial charge is 0.0579 e. The van der Waals surface area contributed by atoms with Crippen LogP contribution in [-0.2, 0) is 6.42 Å². The molecule has 0 fully saturated rings. The van der Waals surface area contributed by atoms with Gasteiger partial charge in [-0.05, 0) is 54.6 Å². The number of nitrogens with one attached hydrogen (secondary N) is 1. The number of hydrogen-bond acceptors (Lipinski definition) is 1. The minimum atomic E-state index is 0.258. The Morgan fingerprint density at radius 1 is 1.05 bits per heavy atom. The summed E-state index contributed by atoms with van der Waals surface area (Å²) < 4.78 is 1.17. The average molecular weight is 346 g/mol. The molecule has 0 aliphatic rings. The molecule has 0 bridgehead atoms. The minimum Gasteiger partial charge on any atom is -0.306 e. The largest absolute Gasteiger partial charge is 0.306 e. The first-order valence-corrected chi connectivity index (χ1v) is 8.53.